The molecule has 2 aromatic rings. The smallest absolute Gasteiger partial charge is 0.325 e. The average molecular weight is 476 g/mol. The summed E-state index contributed by atoms with van der Waals surface area (Å²) in [6.07, 6.45) is 4.89. The Morgan fingerprint density at radius 3 is 2.09 bits per heavy atom. The summed E-state index contributed by atoms with van der Waals surface area (Å²) < 4.78 is 35.4. The second kappa shape index (κ2) is 11.0. The summed E-state index contributed by atoms with van der Waals surface area (Å²) in [5, 5.41) is 9.87. The highest BCUT2D eigenvalue weighted by Crippen LogP contribution is 2.31. The number of carboxylic acid groups (broad SMARTS) is 1. The first-order chi connectivity index (χ1) is 15.8. The van der Waals surface area contributed by atoms with Gasteiger partial charge in [0.25, 0.3) is 0 Å². The third kappa shape index (κ3) is 6.06. The zero-order valence-electron chi connectivity index (χ0n) is 19.3. The molecule has 0 bridgehead atoms. The van der Waals surface area contributed by atoms with Crippen molar-refractivity contribution < 1.29 is 27.8 Å². The number of hydrogen-bond acceptors (Lipinski definition) is 6. The van der Waals surface area contributed by atoms with Gasteiger partial charge in [0.2, 0.25) is 0 Å². The van der Waals surface area contributed by atoms with Crippen molar-refractivity contribution in [2.45, 2.75) is 48.7 Å². The van der Waals surface area contributed by atoms with Crippen molar-refractivity contribution in [1.82, 2.24) is 4.90 Å². The van der Waals surface area contributed by atoms with E-state index in [1.807, 2.05) is 0 Å². The van der Waals surface area contributed by atoms with Crippen LogP contribution in [0.15, 0.2) is 53.4 Å². The molecule has 1 N–H and O–H groups in total. The first-order valence-electron chi connectivity index (χ1n) is 11.3. The molecule has 0 radical (unpaired) electrons. The van der Waals surface area contributed by atoms with Gasteiger partial charge in [-0.2, -0.15) is 0 Å². The van der Waals surface area contributed by atoms with Crippen molar-refractivity contribution in [2.24, 2.45) is 0 Å². The molecule has 0 amide bonds. The number of aliphatic carboxylic acids is 1. The molecule has 1 aliphatic heterocycles. The molecule has 3 rings (SSSR count). The van der Waals surface area contributed by atoms with Crippen LogP contribution >= 0.6 is 0 Å². The van der Waals surface area contributed by atoms with Crippen molar-refractivity contribution in [1.29, 1.82) is 0 Å². The Morgan fingerprint density at radius 1 is 0.970 bits per heavy atom. The van der Waals surface area contributed by atoms with Gasteiger partial charge in [-0.15, -0.1) is 0 Å². The van der Waals surface area contributed by atoms with Crippen LogP contribution in [0.2, 0.25) is 0 Å². The van der Waals surface area contributed by atoms with Crippen molar-refractivity contribution in [3.63, 3.8) is 0 Å². The fraction of sp³-hybridized carbons (Fsp3) is 0.480. The quantitative estimate of drug-likeness (QED) is 0.558. The number of ether oxygens (including phenoxy) is 2. The van der Waals surface area contributed by atoms with Gasteiger partial charge < -0.3 is 14.6 Å². The summed E-state index contributed by atoms with van der Waals surface area (Å²) in [4.78, 5) is 14.5. The minimum absolute atomic E-state index is 0.0540. The van der Waals surface area contributed by atoms with Gasteiger partial charge in [0.05, 0.1) is 12.0 Å². The largest absolute Gasteiger partial charge is 0.497 e. The van der Waals surface area contributed by atoms with Gasteiger partial charge >= 0.3 is 5.97 Å². The Bertz CT molecular complexity index is 1010. The van der Waals surface area contributed by atoms with Crippen LogP contribution in [0.3, 0.4) is 0 Å². The van der Waals surface area contributed by atoms with Gasteiger partial charge in [-0.05, 0) is 74.8 Å². The van der Waals surface area contributed by atoms with E-state index in [0.29, 0.717) is 23.7 Å². The van der Waals surface area contributed by atoms with Crippen molar-refractivity contribution >= 4 is 15.8 Å². The topological polar surface area (TPSA) is 93.1 Å². The molecule has 0 spiro atoms. The van der Waals surface area contributed by atoms with E-state index in [0.717, 1.165) is 19.6 Å². The van der Waals surface area contributed by atoms with Gasteiger partial charge in [0.1, 0.15) is 18.1 Å². The van der Waals surface area contributed by atoms with E-state index in [1.165, 1.54) is 64.0 Å². The van der Waals surface area contributed by atoms with Crippen LogP contribution < -0.4 is 9.47 Å². The number of sulfone groups is 1. The lowest BCUT2D eigenvalue weighted by molar-refractivity contribution is -0.139. The van der Waals surface area contributed by atoms with Crippen LogP contribution in [-0.4, -0.2) is 62.5 Å². The van der Waals surface area contributed by atoms with E-state index in [4.69, 9.17) is 9.47 Å². The molecule has 0 saturated carbocycles. The number of carbonyl (C=O) groups is 1. The van der Waals surface area contributed by atoms with Crippen molar-refractivity contribution in [3.8, 4) is 11.5 Å². The van der Waals surface area contributed by atoms with E-state index in [2.05, 4.69) is 4.90 Å². The highest BCUT2D eigenvalue weighted by molar-refractivity contribution is 7.93. The highest BCUT2D eigenvalue weighted by atomic mass is 32.2. The van der Waals surface area contributed by atoms with Gasteiger partial charge in [-0.3, -0.25) is 9.69 Å². The Labute approximate surface area is 196 Å². The maximum Gasteiger partial charge on any atom is 0.325 e. The molecular weight excluding hydrogens is 442 g/mol. The number of carboxylic acids is 1. The number of methoxy groups -OCH3 is 1. The molecule has 1 fully saturated rings. The molecule has 0 aromatic heterocycles. The molecule has 7 nitrogen and oxygen atoms in total. The lowest BCUT2D eigenvalue weighted by atomic mass is 10.0. The monoisotopic (exact) mass is 475 g/mol. The fourth-order valence-corrected chi connectivity index (χ4v) is 5.65. The minimum atomic E-state index is -4.15. The van der Waals surface area contributed by atoms with E-state index in [9.17, 15) is 18.3 Å². The molecule has 33 heavy (non-hydrogen) atoms. The summed E-state index contributed by atoms with van der Waals surface area (Å²) in [6.45, 7) is 4.93. The highest BCUT2D eigenvalue weighted by Gasteiger charge is 2.47. The van der Waals surface area contributed by atoms with Gasteiger partial charge in [0, 0.05) is 13.0 Å². The average Bonchev–Trinajstić information content (AvgIpc) is 3.09. The maximum atomic E-state index is 13.2. The van der Waals surface area contributed by atoms with E-state index in [-0.39, 0.29) is 11.3 Å². The molecule has 1 unspecified atom stereocenters. The van der Waals surface area contributed by atoms with Gasteiger partial charge in [-0.25, -0.2) is 8.42 Å². The summed E-state index contributed by atoms with van der Waals surface area (Å²) in [7, 11) is -2.68. The first-order valence-corrected chi connectivity index (χ1v) is 12.8. The Kier molecular flexibility index (Phi) is 8.37. The fourth-order valence-electron chi connectivity index (χ4n) is 4.05. The molecule has 1 aliphatic rings. The molecule has 180 valence electrons. The van der Waals surface area contributed by atoms with E-state index in [1.54, 1.807) is 24.3 Å². The molecule has 1 saturated heterocycles. The first kappa shape index (κ1) is 25.1. The predicted octanol–water partition coefficient (Wildman–Crippen LogP) is 3.81. The minimum Gasteiger partial charge on any atom is -0.497 e. The van der Waals surface area contributed by atoms with Crippen LogP contribution in [0.5, 0.6) is 11.5 Å². The predicted molar refractivity (Wildman–Crippen MR) is 127 cm³/mol. The van der Waals surface area contributed by atoms with E-state index >= 15 is 0 Å². The zero-order chi connectivity index (χ0) is 23.9. The lowest BCUT2D eigenvalue weighted by Crippen LogP contribution is -2.45. The molecular formula is C25H33NO6S. The lowest BCUT2D eigenvalue weighted by Gasteiger charge is -2.25. The molecule has 0 aliphatic carbocycles. The summed E-state index contributed by atoms with van der Waals surface area (Å²) in [6, 6.07) is 12.7. The second-order valence-corrected chi connectivity index (χ2v) is 11.0. The number of benzene rings is 2. The standard InChI is InChI=1S/C25H33NO6S/c1-25(24(27)28,33(29,30)23-13-11-21(31-2)12-14-23)19-20-7-9-22(10-8-20)32-18-17-26-15-5-3-4-6-16-26/h7-14H,3-6,15-19H2,1-2H3,(H,27,28). The van der Waals surface area contributed by atoms with Crippen LogP contribution in [0.25, 0.3) is 0 Å². The van der Waals surface area contributed by atoms with Crippen LogP contribution in [0.1, 0.15) is 38.2 Å². The second-order valence-electron chi connectivity index (χ2n) is 8.64. The summed E-state index contributed by atoms with van der Waals surface area (Å²) in [5.41, 5.74) is 0.608. The molecule has 1 atom stereocenters. The number of likely N-dealkylation sites (tertiary alicyclic amines) is 1. The van der Waals surface area contributed by atoms with Crippen LogP contribution in [0, 0.1) is 0 Å². The summed E-state index contributed by atoms with van der Waals surface area (Å²) in [5.74, 6) is -0.211. The normalized spacial score (nSPS) is 17.0. The third-order valence-electron chi connectivity index (χ3n) is 6.25. The maximum absolute atomic E-state index is 13.2. The molecule has 1 heterocycles. The Balaban J connectivity index is 1.66. The van der Waals surface area contributed by atoms with Crippen LogP contribution in [0.4, 0.5) is 0 Å². The molecule has 8 heteroatoms. The molecule has 2 aromatic carbocycles. The third-order valence-corrected chi connectivity index (χ3v) is 8.65. The van der Waals surface area contributed by atoms with Gasteiger partial charge in [-0.1, -0.05) is 25.0 Å². The Hall–Kier alpha value is -2.58. The Morgan fingerprint density at radius 2 is 1.55 bits per heavy atom. The van der Waals surface area contributed by atoms with Crippen molar-refractivity contribution in [2.75, 3.05) is 33.4 Å². The van der Waals surface area contributed by atoms with Gasteiger partial charge in [0.15, 0.2) is 14.6 Å². The number of nitrogens with zero attached hydrogens (tertiary/aromatic N) is 1. The SMILES string of the molecule is COc1ccc(S(=O)(=O)C(C)(Cc2ccc(OCCN3CCCCCC3)cc2)C(=O)O)cc1. The number of rotatable bonds is 10. The van der Waals surface area contributed by atoms with Crippen molar-refractivity contribution in [3.05, 3.63) is 54.1 Å². The number of hydrogen-bond donors (Lipinski definition) is 1. The van der Waals surface area contributed by atoms with Crippen LogP contribution in [-0.2, 0) is 21.1 Å². The zero-order valence-corrected chi connectivity index (χ0v) is 20.1. The van der Waals surface area contributed by atoms with E-state index < -0.39 is 20.6 Å². The summed E-state index contributed by atoms with van der Waals surface area (Å²) >= 11 is 0.